The van der Waals surface area contributed by atoms with E-state index in [0.29, 0.717) is 0 Å². The molecule has 1 aliphatic heterocycles. The maximum atomic E-state index is 10.5. The Morgan fingerprint density at radius 1 is 1.86 bits per heavy atom. The van der Waals surface area contributed by atoms with E-state index in [0.717, 1.165) is 13.0 Å². The van der Waals surface area contributed by atoms with Crippen molar-refractivity contribution >= 4 is 28.5 Å². The first-order chi connectivity index (χ1) is 3.30. The second-order valence-corrected chi connectivity index (χ2v) is 3.05. The molecule has 7 heavy (non-hydrogen) atoms. The number of carbonyl (C=O) groups is 1. The molecule has 1 fully saturated rings. The van der Waals surface area contributed by atoms with Crippen molar-refractivity contribution in [2.24, 2.45) is 0 Å². The van der Waals surface area contributed by atoms with E-state index in [1.54, 1.807) is 0 Å². The third-order valence-electron chi connectivity index (χ3n) is 0.982. The summed E-state index contributed by atoms with van der Waals surface area (Å²) in [6, 6.07) is 0. The van der Waals surface area contributed by atoms with Crippen LogP contribution < -0.4 is 5.32 Å². The first kappa shape index (κ1) is 5.34. The van der Waals surface area contributed by atoms with Crippen LogP contribution in [0.4, 0.5) is 0 Å². The van der Waals surface area contributed by atoms with Gasteiger partial charge in [-0.2, -0.15) is 0 Å². The number of alkyl halides is 1. The van der Waals surface area contributed by atoms with E-state index >= 15 is 0 Å². The van der Waals surface area contributed by atoms with E-state index in [1.807, 2.05) is 0 Å². The second-order valence-electron chi connectivity index (χ2n) is 1.55. The molecule has 1 amide bonds. The van der Waals surface area contributed by atoms with Gasteiger partial charge in [-0.05, 0) is 6.42 Å². The molecule has 0 spiro atoms. The summed E-state index contributed by atoms with van der Waals surface area (Å²) in [6.07, 6.45) is 0.999. The van der Waals surface area contributed by atoms with E-state index in [2.05, 4.69) is 27.9 Å². The highest BCUT2D eigenvalue weighted by atomic mass is 127. The smallest absolute Gasteiger partial charge is 0.233 e. The minimum Gasteiger partial charge on any atom is -0.355 e. The number of amides is 1. The van der Waals surface area contributed by atoms with E-state index in [9.17, 15) is 4.79 Å². The zero-order chi connectivity index (χ0) is 5.28. The largest absolute Gasteiger partial charge is 0.355 e. The predicted molar refractivity (Wildman–Crippen MR) is 35.4 cm³/mol. The molecule has 1 atom stereocenters. The van der Waals surface area contributed by atoms with Crippen LogP contribution in [-0.2, 0) is 4.79 Å². The van der Waals surface area contributed by atoms with Crippen molar-refractivity contribution in [1.29, 1.82) is 0 Å². The van der Waals surface area contributed by atoms with Crippen LogP contribution in [-0.4, -0.2) is 16.4 Å². The molecule has 0 aromatic heterocycles. The lowest BCUT2D eigenvalue weighted by molar-refractivity contribution is -0.118. The molecule has 0 radical (unpaired) electrons. The fourth-order valence-corrected chi connectivity index (χ4v) is 1.10. The lowest BCUT2D eigenvalue weighted by Crippen LogP contribution is -2.18. The van der Waals surface area contributed by atoms with E-state index < -0.39 is 0 Å². The third-order valence-corrected chi connectivity index (χ3v) is 2.17. The maximum Gasteiger partial charge on any atom is 0.233 e. The molecule has 2 nitrogen and oxygen atoms in total. The molecule has 1 unspecified atom stereocenters. The topological polar surface area (TPSA) is 29.1 Å². The number of carbonyl (C=O) groups excluding carboxylic acids is 1. The molecule has 0 aromatic carbocycles. The van der Waals surface area contributed by atoms with Crippen molar-refractivity contribution in [1.82, 2.24) is 5.32 Å². The molecule has 3 heteroatoms. The van der Waals surface area contributed by atoms with Gasteiger partial charge in [-0.25, -0.2) is 0 Å². The number of nitrogens with one attached hydrogen (secondary N) is 1. The third kappa shape index (κ3) is 1.05. The summed E-state index contributed by atoms with van der Waals surface area (Å²) in [5.41, 5.74) is 0. The molecule has 1 saturated heterocycles. The zero-order valence-electron chi connectivity index (χ0n) is 3.78. The number of hydrogen-bond donors (Lipinski definition) is 1. The van der Waals surface area contributed by atoms with Gasteiger partial charge in [0.1, 0.15) is 0 Å². The Balaban J connectivity index is 2.48. The van der Waals surface area contributed by atoms with Gasteiger partial charge in [0, 0.05) is 6.54 Å². The van der Waals surface area contributed by atoms with Crippen molar-refractivity contribution in [3.8, 4) is 0 Å². The number of rotatable bonds is 0. The van der Waals surface area contributed by atoms with Crippen molar-refractivity contribution in [2.45, 2.75) is 10.3 Å². The summed E-state index contributed by atoms with van der Waals surface area (Å²) in [7, 11) is 0. The van der Waals surface area contributed by atoms with E-state index in [1.165, 1.54) is 0 Å². The quantitative estimate of drug-likeness (QED) is 0.453. The second kappa shape index (κ2) is 1.98. The number of halogens is 1. The highest BCUT2D eigenvalue weighted by Gasteiger charge is 2.19. The fourth-order valence-electron chi connectivity index (χ4n) is 0.564. The molecule has 0 saturated carbocycles. The fraction of sp³-hybridized carbons (Fsp3) is 0.750. The Kier molecular flexibility index (Phi) is 1.51. The molecule has 0 aromatic rings. The molecule has 1 aliphatic rings. The van der Waals surface area contributed by atoms with Crippen molar-refractivity contribution in [3.63, 3.8) is 0 Å². The van der Waals surface area contributed by atoms with Crippen molar-refractivity contribution in [3.05, 3.63) is 0 Å². The summed E-state index contributed by atoms with van der Waals surface area (Å²) in [4.78, 5) is 10.5. The molecule has 40 valence electrons. The van der Waals surface area contributed by atoms with Crippen LogP contribution in [0.3, 0.4) is 0 Å². The van der Waals surface area contributed by atoms with Gasteiger partial charge in [0.2, 0.25) is 5.91 Å². The van der Waals surface area contributed by atoms with Crippen LogP contribution in [0.1, 0.15) is 6.42 Å². The molecular formula is C4H6INO. The standard InChI is InChI=1S/C4H6INO/c5-3-1-2-6-4(3)7/h3H,1-2H2,(H,6,7). The van der Waals surface area contributed by atoms with Crippen LogP contribution in [0, 0.1) is 0 Å². The molecule has 0 aliphatic carbocycles. The average molecular weight is 211 g/mol. The summed E-state index contributed by atoms with van der Waals surface area (Å²) in [5, 5.41) is 2.72. The SMILES string of the molecule is O=C1NCCC1I. The van der Waals surface area contributed by atoms with Crippen LogP contribution in [0.2, 0.25) is 0 Å². The van der Waals surface area contributed by atoms with E-state index in [4.69, 9.17) is 0 Å². The molecular weight excluding hydrogens is 205 g/mol. The van der Waals surface area contributed by atoms with Gasteiger partial charge in [0.25, 0.3) is 0 Å². The van der Waals surface area contributed by atoms with Crippen LogP contribution >= 0.6 is 22.6 Å². The molecule has 0 bridgehead atoms. The highest BCUT2D eigenvalue weighted by molar-refractivity contribution is 14.1. The lowest BCUT2D eigenvalue weighted by Gasteiger charge is -1.88. The minimum atomic E-state index is 0.195. The predicted octanol–water partition coefficient (Wildman–Crippen LogP) is 0.310. The number of hydrogen-bond acceptors (Lipinski definition) is 1. The van der Waals surface area contributed by atoms with Gasteiger partial charge in [0.15, 0.2) is 0 Å². The minimum absolute atomic E-state index is 0.195. The monoisotopic (exact) mass is 211 g/mol. The molecule has 1 rings (SSSR count). The van der Waals surface area contributed by atoms with Crippen LogP contribution in [0.15, 0.2) is 0 Å². The Morgan fingerprint density at radius 3 is 2.71 bits per heavy atom. The summed E-state index contributed by atoms with van der Waals surface area (Å²) < 4.78 is 0.234. The molecule has 1 heterocycles. The summed E-state index contributed by atoms with van der Waals surface area (Å²) in [5.74, 6) is 0.195. The highest BCUT2D eigenvalue weighted by Crippen LogP contribution is 2.09. The zero-order valence-corrected chi connectivity index (χ0v) is 5.94. The average Bonchev–Trinajstić information content (AvgIpc) is 1.91. The Morgan fingerprint density at radius 2 is 2.57 bits per heavy atom. The summed E-state index contributed by atoms with van der Waals surface area (Å²) in [6.45, 7) is 0.867. The van der Waals surface area contributed by atoms with E-state index in [-0.39, 0.29) is 9.83 Å². The van der Waals surface area contributed by atoms with Gasteiger partial charge in [-0.15, -0.1) is 0 Å². The van der Waals surface area contributed by atoms with Gasteiger partial charge >= 0.3 is 0 Å². The summed E-state index contributed by atoms with van der Waals surface area (Å²) >= 11 is 2.15. The van der Waals surface area contributed by atoms with Crippen LogP contribution in [0.25, 0.3) is 0 Å². The van der Waals surface area contributed by atoms with Gasteiger partial charge < -0.3 is 5.32 Å². The van der Waals surface area contributed by atoms with Crippen molar-refractivity contribution in [2.75, 3.05) is 6.54 Å². The normalized spacial score (nSPS) is 30.4. The first-order valence-electron chi connectivity index (χ1n) is 2.22. The van der Waals surface area contributed by atoms with Crippen molar-refractivity contribution < 1.29 is 4.79 Å². The van der Waals surface area contributed by atoms with Gasteiger partial charge in [0.05, 0.1) is 3.92 Å². The maximum absolute atomic E-state index is 10.5. The lowest BCUT2D eigenvalue weighted by atomic mass is 10.4. The Labute approximate surface area is 55.8 Å². The Bertz CT molecular complexity index is 93.7. The first-order valence-corrected chi connectivity index (χ1v) is 3.47. The van der Waals surface area contributed by atoms with Crippen LogP contribution in [0.5, 0.6) is 0 Å². The van der Waals surface area contributed by atoms with Gasteiger partial charge in [-0.1, -0.05) is 22.6 Å². The molecule has 1 N–H and O–H groups in total. The van der Waals surface area contributed by atoms with Gasteiger partial charge in [-0.3, -0.25) is 4.79 Å². The Hall–Kier alpha value is 0.200.